The predicted octanol–water partition coefficient (Wildman–Crippen LogP) is 3.35. The number of benzene rings is 1. The molecule has 0 aliphatic heterocycles. The molecule has 1 heterocycles. The van der Waals surface area contributed by atoms with E-state index < -0.39 is 0 Å². The topological polar surface area (TPSA) is 21.1 Å². The van der Waals surface area contributed by atoms with E-state index in [1.165, 1.54) is 5.56 Å². The van der Waals surface area contributed by atoms with Crippen molar-refractivity contribution in [3.8, 4) is 5.69 Å². The molecule has 0 aliphatic carbocycles. The summed E-state index contributed by atoms with van der Waals surface area (Å²) in [7, 11) is 0. The Morgan fingerprint density at radius 2 is 2.11 bits per heavy atom. The Hall–Kier alpha value is -2.29. The third-order valence-electron chi connectivity index (χ3n) is 2.65. The lowest BCUT2D eigenvalue weighted by Gasteiger charge is -2.15. The molecule has 0 aliphatic rings. The van der Waals surface area contributed by atoms with Gasteiger partial charge in [-0.3, -0.25) is 0 Å². The van der Waals surface area contributed by atoms with Gasteiger partial charge in [-0.05, 0) is 43.1 Å². The number of rotatable bonds is 5. The second kappa shape index (κ2) is 5.87. The first kappa shape index (κ1) is 12.2. The smallest absolute Gasteiger partial charge is 0.0645 e. The van der Waals surface area contributed by atoms with Crippen LogP contribution in [-0.2, 0) is 6.54 Å². The van der Waals surface area contributed by atoms with Gasteiger partial charge in [0.1, 0.15) is 0 Å². The standard InChI is InChI=1S/C15H17N3/c1-3-11-17(4-2)13-14-6-8-15(9-7-14)18-12-5-10-16-18/h3-12H,2,13H2,1H3/b11-3+. The SMILES string of the molecule is C=CN(/C=C/C)Cc1ccc(-n2cccn2)cc1. The second-order valence-corrected chi connectivity index (χ2v) is 3.95. The number of aromatic nitrogens is 2. The molecule has 0 saturated heterocycles. The molecular formula is C15H17N3. The molecule has 1 aromatic heterocycles. The van der Waals surface area contributed by atoms with E-state index in [2.05, 4.69) is 35.9 Å². The molecule has 0 bridgehead atoms. The summed E-state index contributed by atoms with van der Waals surface area (Å²) in [5, 5.41) is 4.20. The fraction of sp³-hybridized carbons (Fsp3) is 0.133. The van der Waals surface area contributed by atoms with Crippen LogP contribution in [0, 0.1) is 0 Å². The molecule has 18 heavy (non-hydrogen) atoms. The van der Waals surface area contributed by atoms with Crippen LogP contribution in [0.3, 0.4) is 0 Å². The van der Waals surface area contributed by atoms with Crippen LogP contribution in [0.1, 0.15) is 12.5 Å². The van der Waals surface area contributed by atoms with Crippen molar-refractivity contribution in [1.82, 2.24) is 14.7 Å². The van der Waals surface area contributed by atoms with Crippen molar-refractivity contribution in [2.24, 2.45) is 0 Å². The van der Waals surface area contributed by atoms with Crippen molar-refractivity contribution in [3.05, 3.63) is 73.3 Å². The normalized spacial score (nSPS) is 10.7. The summed E-state index contributed by atoms with van der Waals surface area (Å²) in [5.41, 5.74) is 2.31. The van der Waals surface area contributed by atoms with Gasteiger partial charge in [0.25, 0.3) is 0 Å². The van der Waals surface area contributed by atoms with E-state index in [1.807, 2.05) is 47.2 Å². The lowest BCUT2D eigenvalue weighted by Crippen LogP contribution is -2.08. The van der Waals surface area contributed by atoms with Crippen LogP contribution in [0.5, 0.6) is 0 Å². The minimum absolute atomic E-state index is 0.827. The first-order valence-corrected chi connectivity index (χ1v) is 5.93. The van der Waals surface area contributed by atoms with Gasteiger partial charge >= 0.3 is 0 Å². The van der Waals surface area contributed by atoms with Crippen LogP contribution in [0.15, 0.2) is 67.8 Å². The molecule has 1 aromatic carbocycles. The van der Waals surface area contributed by atoms with Crippen molar-refractivity contribution in [1.29, 1.82) is 0 Å². The van der Waals surface area contributed by atoms with Crippen molar-refractivity contribution < 1.29 is 0 Å². The minimum Gasteiger partial charge on any atom is -0.351 e. The maximum absolute atomic E-state index is 4.20. The first-order valence-electron chi connectivity index (χ1n) is 5.93. The third-order valence-corrected chi connectivity index (χ3v) is 2.65. The minimum atomic E-state index is 0.827. The maximum Gasteiger partial charge on any atom is 0.0645 e. The second-order valence-electron chi connectivity index (χ2n) is 3.95. The Bertz CT molecular complexity index is 509. The Morgan fingerprint density at radius 1 is 1.33 bits per heavy atom. The highest BCUT2D eigenvalue weighted by molar-refractivity contribution is 5.33. The van der Waals surface area contributed by atoms with E-state index in [1.54, 1.807) is 6.20 Å². The molecule has 0 saturated carbocycles. The summed E-state index contributed by atoms with van der Waals surface area (Å²) in [5.74, 6) is 0. The zero-order valence-corrected chi connectivity index (χ0v) is 10.5. The van der Waals surface area contributed by atoms with Gasteiger partial charge in [0.2, 0.25) is 0 Å². The van der Waals surface area contributed by atoms with Crippen LogP contribution in [0.4, 0.5) is 0 Å². The molecule has 2 aromatic rings. The number of allylic oxidation sites excluding steroid dienone is 1. The molecule has 0 fully saturated rings. The Morgan fingerprint density at radius 3 is 2.67 bits per heavy atom. The van der Waals surface area contributed by atoms with E-state index in [9.17, 15) is 0 Å². The van der Waals surface area contributed by atoms with Gasteiger partial charge in [0.05, 0.1) is 5.69 Å². The van der Waals surface area contributed by atoms with Crippen LogP contribution in [0.2, 0.25) is 0 Å². The van der Waals surface area contributed by atoms with Gasteiger partial charge < -0.3 is 4.90 Å². The summed E-state index contributed by atoms with van der Waals surface area (Å²) in [6.45, 7) is 6.62. The molecule has 0 spiro atoms. The highest BCUT2D eigenvalue weighted by Crippen LogP contribution is 2.11. The van der Waals surface area contributed by atoms with Crippen molar-refractivity contribution >= 4 is 0 Å². The zero-order chi connectivity index (χ0) is 12.8. The molecule has 0 unspecified atom stereocenters. The van der Waals surface area contributed by atoms with Crippen molar-refractivity contribution in [2.75, 3.05) is 0 Å². The predicted molar refractivity (Wildman–Crippen MR) is 74.1 cm³/mol. The zero-order valence-electron chi connectivity index (χ0n) is 10.5. The van der Waals surface area contributed by atoms with Crippen LogP contribution in [0.25, 0.3) is 5.69 Å². The van der Waals surface area contributed by atoms with Crippen LogP contribution < -0.4 is 0 Å². The average molecular weight is 239 g/mol. The van der Waals surface area contributed by atoms with Gasteiger partial charge in [-0.15, -0.1) is 0 Å². The van der Waals surface area contributed by atoms with Crippen molar-refractivity contribution in [2.45, 2.75) is 13.5 Å². The largest absolute Gasteiger partial charge is 0.351 e. The molecule has 0 N–H and O–H groups in total. The molecule has 3 heteroatoms. The van der Waals surface area contributed by atoms with Crippen LogP contribution >= 0.6 is 0 Å². The summed E-state index contributed by atoms with van der Waals surface area (Å²) < 4.78 is 1.85. The van der Waals surface area contributed by atoms with E-state index in [0.717, 1.165) is 12.2 Å². The summed E-state index contributed by atoms with van der Waals surface area (Å²) in [4.78, 5) is 2.04. The lowest BCUT2D eigenvalue weighted by atomic mass is 10.2. The van der Waals surface area contributed by atoms with Crippen LogP contribution in [-0.4, -0.2) is 14.7 Å². The molecule has 0 radical (unpaired) electrons. The Labute approximate surface area is 108 Å². The van der Waals surface area contributed by atoms with Gasteiger partial charge in [0.15, 0.2) is 0 Å². The van der Waals surface area contributed by atoms with Gasteiger partial charge in [-0.1, -0.05) is 24.8 Å². The summed E-state index contributed by atoms with van der Waals surface area (Å²) >= 11 is 0. The summed E-state index contributed by atoms with van der Waals surface area (Å²) in [6.07, 6.45) is 9.54. The fourth-order valence-electron chi connectivity index (χ4n) is 1.76. The number of hydrogen-bond donors (Lipinski definition) is 0. The summed E-state index contributed by atoms with van der Waals surface area (Å²) in [6, 6.07) is 10.3. The maximum atomic E-state index is 4.20. The molecule has 92 valence electrons. The van der Waals surface area contributed by atoms with E-state index in [-0.39, 0.29) is 0 Å². The molecular weight excluding hydrogens is 222 g/mol. The molecule has 0 amide bonds. The van der Waals surface area contributed by atoms with Crippen molar-refractivity contribution in [3.63, 3.8) is 0 Å². The van der Waals surface area contributed by atoms with E-state index in [4.69, 9.17) is 0 Å². The Kier molecular flexibility index (Phi) is 3.97. The highest BCUT2D eigenvalue weighted by Gasteiger charge is 1.99. The monoisotopic (exact) mass is 239 g/mol. The average Bonchev–Trinajstić information content (AvgIpc) is 2.93. The fourth-order valence-corrected chi connectivity index (χ4v) is 1.76. The molecule has 0 atom stereocenters. The Balaban J connectivity index is 2.10. The van der Waals surface area contributed by atoms with E-state index >= 15 is 0 Å². The van der Waals surface area contributed by atoms with Gasteiger partial charge in [0, 0.05) is 18.9 Å². The first-order chi connectivity index (χ1) is 8.83. The lowest BCUT2D eigenvalue weighted by molar-refractivity contribution is 0.502. The number of hydrogen-bond acceptors (Lipinski definition) is 2. The van der Waals surface area contributed by atoms with E-state index in [0.29, 0.717) is 0 Å². The van der Waals surface area contributed by atoms with Gasteiger partial charge in [-0.2, -0.15) is 5.10 Å². The number of nitrogens with zero attached hydrogens (tertiary/aromatic N) is 3. The highest BCUT2D eigenvalue weighted by atomic mass is 15.3. The molecule has 2 rings (SSSR count). The quantitative estimate of drug-likeness (QED) is 0.797. The third kappa shape index (κ3) is 2.88. The molecule has 3 nitrogen and oxygen atoms in total. The van der Waals surface area contributed by atoms with Gasteiger partial charge in [-0.25, -0.2) is 4.68 Å².